The lowest BCUT2D eigenvalue weighted by Crippen LogP contribution is -2.16. The van der Waals surface area contributed by atoms with Gasteiger partial charge in [-0.2, -0.15) is 0 Å². The first kappa shape index (κ1) is 20.3. The van der Waals surface area contributed by atoms with Gasteiger partial charge in [0.05, 0.1) is 23.5 Å². The number of nitrogens with one attached hydrogen (secondary N) is 1. The molecule has 0 aliphatic carbocycles. The van der Waals surface area contributed by atoms with Crippen molar-refractivity contribution in [2.24, 2.45) is 0 Å². The Kier molecular flexibility index (Phi) is 5.43. The summed E-state index contributed by atoms with van der Waals surface area (Å²) in [7, 11) is 0. The number of halogens is 2. The Labute approximate surface area is 182 Å². The van der Waals surface area contributed by atoms with Gasteiger partial charge in [-0.05, 0) is 89.8 Å². The second-order valence-electron chi connectivity index (χ2n) is 7.51. The van der Waals surface area contributed by atoms with Crippen LogP contribution >= 0.6 is 15.9 Å². The third-order valence-electron chi connectivity index (χ3n) is 5.02. The van der Waals surface area contributed by atoms with E-state index in [1.54, 1.807) is 19.1 Å². The number of imidazole rings is 1. The van der Waals surface area contributed by atoms with E-state index in [1.807, 2.05) is 54.8 Å². The zero-order chi connectivity index (χ0) is 21.4. The summed E-state index contributed by atoms with van der Waals surface area (Å²) < 4.78 is 16.6. The molecule has 0 unspecified atom stereocenters. The van der Waals surface area contributed by atoms with E-state index in [0.717, 1.165) is 38.2 Å². The molecule has 6 heteroatoms. The standard InChI is InChI=1S/C24H21BrFN3O/c1-14-4-8-20(18(25)10-14)27-23(30)12-21-24(17-6-7-19(26)16(3)11-17)28-22-9-5-15(2)13-29(21)22/h4-11,13H,12H2,1-3H3,(H,27,30). The van der Waals surface area contributed by atoms with E-state index < -0.39 is 0 Å². The molecule has 1 N–H and O–H groups in total. The average molecular weight is 466 g/mol. The third kappa shape index (κ3) is 4.00. The number of carbonyl (C=O) groups is 1. The molecule has 2 aromatic heterocycles. The predicted octanol–water partition coefficient (Wildman–Crippen LogP) is 6.01. The van der Waals surface area contributed by atoms with Gasteiger partial charge in [0, 0.05) is 16.2 Å². The summed E-state index contributed by atoms with van der Waals surface area (Å²) in [5.41, 5.74) is 6.40. The Morgan fingerprint density at radius 3 is 2.57 bits per heavy atom. The molecule has 0 saturated heterocycles. The van der Waals surface area contributed by atoms with Gasteiger partial charge >= 0.3 is 0 Å². The van der Waals surface area contributed by atoms with Gasteiger partial charge in [0.2, 0.25) is 5.91 Å². The van der Waals surface area contributed by atoms with Crippen molar-refractivity contribution in [1.82, 2.24) is 9.38 Å². The smallest absolute Gasteiger partial charge is 0.230 e. The van der Waals surface area contributed by atoms with Crippen molar-refractivity contribution in [3.8, 4) is 11.3 Å². The Hall–Kier alpha value is -2.99. The summed E-state index contributed by atoms with van der Waals surface area (Å²) >= 11 is 3.50. The third-order valence-corrected chi connectivity index (χ3v) is 5.68. The molecule has 4 rings (SSSR count). The van der Waals surface area contributed by atoms with E-state index in [2.05, 4.69) is 21.2 Å². The topological polar surface area (TPSA) is 46.4 Å². The van der Waals surface area contributed by atoms with Crippen molar-refractivity contribution < 1.29 is 9.18 Å². The lowest BCUT2D eigenvalue weighted by atomic mass is 10.1. The van der Waals surface area contributed by atoms with Crippen molar-refractivity contribution in [3.63, 3.8) is 0 Å². The first-order valence-corrected chi connectivity index (χ1v) is 10.4. The Balaban J connectivity index is 1.75. The van der Waals surface area contributed by atoms with Gasteiger partial charge in [-0.15, -0.1) is 0 Å². The van der Waals surface area contributed by atoms with E-state index in [-0.39, 0.29) is 18.1 Å². The molecule has 2 heterocycles. The molecular weight excluding hydrogens is 445 g/mol. The van der Waals surface area contributed by atoms with Gasteiger partial charge in [0.1, 0.15) is 11.5 Å². The molecule has 2 aromatic carbocycles. The SMILES string of the molecule is Cc1ccc(NC(=O)Cc2c(-c3ccc(F)c(C)c3)nc3ccc(C)cn23)c(Br)c1. The molecule has 1 amide bonds. The van der Waals surface area contributed by atoms with E-state index >= 15 is 0 Å². The van der Waals surface area contributed by atoms with E-state index in [0.29, 0.717) is 11.3 Å². The lowest BCUT2D eigenvalue weighted by molar-refractivity contribution is -0.115. The molecule has 0 radical (unpaired) electrons. The number of fused-ring (bicyclic) bond motifs is 1. The van der Waals surface area contributed by atoms with Crippen LogP contribution in [-0.2, 0) is 11.2 Å². The maximum Gasteiger partial charge on any atom is 0.230 e. The fourth-order valence-electron chi connectivity index (χ4n) is 3.46. The fraction of sp³-hybridized carbons (Fsp3) is 0.167. The molecule has 0 aliphatic heterocycles. The molecule has 0 bridgehead atoms. The van der Waals surface area contributed by atoms with Gasteiger partial charge in [-0.3, -0.25) is 4.79 Å². The fourth-order valence-corrected chi connectivity index (χ4v) is 4.05. The highest BCUT2D eigenvalue weighted by Gasteiger charge is 2.18. The normalized spacial score (nSPS) is 11.1. The van der Waals surface area contributed by atoms with Gasteiger partial charge in [-0.25, -0.2) is 9.37 Å². The Morgan fingerprint density at radius 2 is 1.83 bits per heavy atom. The summed E-state index contributed by atoms with van der Waals surface area (Å²) in [6.45, 7) is 5.71. The van der Waals surface area contributed by atoms with Crippen LogP contribution < -0.4 is 5.32 Å². The number of amides is 1. The molecule has 4 nitrogen and oxygen atoms in total. The molecule has 4 aromatic rings. The van der Waals surface area contributed by atoms with Crippen LogP contribution in [0.5, 0.6) is 0 Å². The van der Waals surface area contributed by atoms with Crippen LogP contribution in [0.1, 0.15) is 22.4 Å². The van der Waals surface area contributed by atoms with Gasteiger partial charge in [0.15, 0.2) is 0 Å². The zero-order valence-electron chi connectivity index (χ0n) is 17.0. The van der Waals surface area contributed by atoms with Crippen molar-refractivity contribution in [2.45, 2.75) is 27.2 Å². The second kappa shape index (κ2) is 8.03. The second-order valence-corrected chi connectivity index (χ2v) is 8.37. The number of nitrogens with zero attached hydrogens (tertiary/aromatic N) is 2. The molecule has 0 saturated carbocycles. The highest BCUT2D eigenvalue weighted by atomic mass is 79.9. The molecule has 0 aliphatic rings. The highest BCUT2D eigenvalue weighted by molar-refractivity contribution is 9.10. The van der Waals surface area contributed by atoms with Crippen LogP contribution in [0.3, 0.4) is 0 Å². The monoisotopic (exact) mass is 465 g/mol. The number of aromatic nitrogens is 2. The van der Waals surface area contributed by atoms with Gasteiger partial charge in [-0.1, -0.05) is 12.1 Å². The summed E-state index contributed by atoms with van der Waals surface area (Å²) in [5.74, 6) is -0.412. The first-order chi connectivity index (χ1) is 14.3. The highest BCUT2D eigenvalue weighted by Crippen LogP contribution is 2.28. The zero-order valence-corrected chi connectivity index (χ0v) is 18.5. The summed E-state index contributed by atoms with van der Waals surface area (Å²) in [4.78, 5) is 17.7. The summed E-state index contributed by atoms with van der Waals surface area (Å²) in [6.07, 6.45) is 2.10. The summed E-state index contributed by atoms with van der Waals surface area (Å²) in [5, 5.41) is 2.97. The minimum atomic E-state index is -0.262. The van der Waals surface area contributed by atoms with Crippen LogP contribution in [0.4, 0.5) is 10.1 Å². The van der Waals surface area contributed by atoms with E-state index in [9.17, 15) is 9.18 Å². The van der Waals surface area contributed by atoms with Crippen molar-refractivity contribution >= 4 is 33.2 Å². The quantitative estimate of drug-likeness (QED) is 0.401. The molecular formula is C24H21BrFN3O. The predicted molar refractivity (Wildman–Crippen MR) is 121 cm³/mol. The van der Waals surface area contributed by atoms with Crippen molar-refractivity contribution in [2.75, 3.05) is 5.32 Å². The number of pyridine rings is 1. The molecule has 30 heavy (non-hydrogen) atoms. The van der Waals surface area contributed by atoms with Gasteiger partial charge < -0.3 is 9.72 Å². The summed E-state index contributed by atoms with van der Waals surface area (Å²) in [6, 6.07) is 14.6. The number of aryl methyl sites for hydroxylation is 3. The van der Waals surface area contributed by atoms with Crippen LogP contribution in [0.15, 0.2) is 59.2 Å². The Morgan fingerprint density at radius 1 is 1.07 bits per heavy atom. The van der Waals surface area contributed by atoms with E-state index in [4.69, 9.17) is 4.98 Å². The number of hydrogen-bond acceptors (Lipinski definition) is 2. The number of carbonyl (C=O) groups excluding carboxylic acids is 1. The minimum absolute atomic E-state index is 0.136. The van der Waals surface area contributed by atoms with Crippen molar-refractivity contribution in [1.29, 1.82) is 0 Å². The Bertz CT molecular complexity index is 1280. The van der Waals surface area contributed by atoms with Crippen LogP contribution in [0.2, 0.25) is 0 Å². The van der Waals surface area contributed by atoms with Crippen LogP contribution in [0.25, 0.3) is 16.9 Å². The minimum Gasteiger partial charge on any atom is -0.325 e. The number of hydrogen-bond donors (Lipinski definition) is 1. The molecule has 0 spiro atoms. The van der Waals surface area contributed by atoms with Crippen LogP contribution in [-0.4, -0.2) is 15.3 Å². The number of rotatable bonds is 4. The number of anilines is 1. The van der Waals surface area contributed by atoms with Crippen molar-refractivity contribution in [3.05, 3.63) is 87.4 Å². The number of benzene rings is 2. The van der Waals surface area contributed by atoms with Gasteiger partial charge in [0.25, 0.3) is 0 Å². The maximum absolute atomic E-state index is 13.8. The lowest BCUT2D eigenvalue weighted by Gasteiger charge is -2.10. The van der Waals surface area contributed by atoms with E-state index in [1.165, 1.54) is 6.07 Å². The largest absolute Gasteiger partial charge is 0.325 e. The first-order valence-electron chi connectivity index (χ1n) is 9.62. The van der Waals surface area contributed by atoms with Crippen LogP contribution in [0, 0.1) is 26.6 Å². The molecule has 0 fully saturated rings. The maximum atomic E-state index is 13.8. The molecule has 152 valence electrons. The average Bonchev–Trinajstić information content (AvgIpc) is 3.04. The molecule has 0 atom stereocenters.